The second-order valence-electron chi connectivity index (χ2n) is 5.20. The van der Waals surface area contributed by atoms with Gasteiger partial charge in [-0.25, -0.2) is 4.52 Å². The Kier molecular flexibility index (Phi) is 3.34. The summed E-state index contributed by atoms with van der Waals surface area (Å²) in [6.45, 7) is 0.659. The van der Waals surface area contributed by atoms with Crippen LogP contribution in [0.2, 0.25) is 0 Å². The Bertz CT molecular complexity index is 688. The highest BCUT2D eigenvalue weighted by Crippen LogP contribution is 2.24. The van der Waals surface area contributed by atoms with Gasteiger partial charge in [0.05, 0.1) is 35.8 Å². The summed E-state index contributed by atoms with van der Waals surface area (Å²) in [6, 6.07) is 5.43. The number of fused-ring (bicyclic) bond motifs is 1. The first kappa shape index (κ1) is 13.6. The third kappa shape index (κ3) is 2.59. The van der Waals surface area contributed by atoms with Crippen molar-refractivity contribution in [3.05, 3.63) is 36.2 Å². The van der Waals surface area contributed by atoms with Crippen LogP contribution < -0.4 is 5.32 Å². The van der Waals surface area contributed by atoms with Crippen LogP contribution in [-0.2, 0) is 9.53 Å². The molecule has 0 saturated carbocycles. The molecule has 1 aliphatic rings. The molecule has 1 amide bonds. The molecule has 1 fully saturated rings. The number of aromatic nitrogens is 2. The van der Waals surface area contributed by atoms with Gasteiger partial charge in [0.2, 0.25) is 0 Å². The molecule has 3 rings (SSSR count). The normalized spacial score (nSPS) is 21.5. The molecule has 3 heterocycles. The first-order valence-electron chi connectivity index (χ1n) is 6.64. The minimum absolute atomic E-state index is 0.155. The van der Waals surface area contributed by atoms with Crippen LogP contribution in [0.5, 0.6) is 0 Å². The number of hydrogen-bond acceptors (Lipinski definition) is 4. The zero-order valence-corrected chi connectivity index (χ0v) is 11.3. The molecule has 1 unspecified atom stereocenters. The van der Waals surface area contributed by atoms with Gasteiger partial charge in [-0.3, -0.25) is 9.59 Å². The number of carbonyl (C=O) groups excluding carboxylic acids is 1. The molecule has 2 aromatic rings. The summed E-state index contributed by atoms with van der Waals surface area (Å²) in [7, 11) is 0. The van der Waals surface area contributed by atoms with Crippen molar-refractivity contribution in [2.75, 3.05) is 13.2 Å². The number of carbonyl (C=O) groups is 2. The van der Waals surface area contributed by atoms with Gasteiger partial charge in [-0.1, -0.05) is 6.07 Å². The zero-order chi connectivity index (χ0) is 14.9. The summed E-state index contributed by atoms with van der Waals surface area (Å²) < 4.78 is 6.87. The maximum atomic E-state index is 12.4. The van der Waals surface area contributed by atoms with Gasteiger partial charge >= 0.3 is 5.97 Å². The first-order valence-corrected chi connectivity index (χ1v) is 6.64. The molecule has 1 saturated heterocycles. The number of ether oxygens (including phenoxy) is 1. The summed E-state index contributed by atoms with van der Waals surface area (Å²) in [5.41, 5.74) is 0.262. The third-order valence-electron chi connectivity index (χ3n) is 3.64. The van der Waals surface area contributed by atoms with E-state index < -0.39 is 11.5 Å². The fourth-order valence-electron chi connectivity index (χ4n) is 2.60. The lowest BCUT2D eigenvalue weighted by atomic mass is 9.94. The number of amides is 1. The van der Waals surface area contributed by atoms with Crippen LogP contribution in [0.4, 0.5) is 0 Å². The highest BCUT2D eigenvalue weighted by molar-refractivity contribution is 6.01. The van der Waals surface area contributed by atoms with E-state index in [1.165, 1.54) is 6.20 Å². The van der Waals surface area contributed by atoms with Gasteiger partial charge in [0.15, 0.2) is 0 Å². The number of aliphatic carboxylic acids is 1. The van der Waals surface area contributed by atoms with E-state index in [-0.39, 0.29) is 18.9 Å². The molecule has 0 aliphatic carbocycles. The van der Waals surface area contributed by atoms with Crippen molar-refractivity contribution < 1.29 is 19.4 Å². The summed E-state index contributed by atoms with van der Waals surface area (Å²) in [6.07, 6.45) is 3.56. The van der Waals surface area contributed by atoms with Crippen LogP contribution in [0, 0.1) is 0 Å². The van der Waals surface area contributed by atoms with Crippen LogP contribution in [0.3, 0.4) is 0 Å². The number of hydrogen-bond donors (Lipinski definition) is 2. The van der Waals surface area contributed by atoms with Crippen molar-refractivity contribution in [2.24, 2.45) is 0 Å². The topological polar surface area (TPSA) is 92.9 Å². The predicted octanol–water partition coefficient (Wildman–Crippen LogP) is 0.698. The van der Waals surface area contributed by atoms with Gasteiger partial charge in [0, 0.05) is 12.8 Å². The molecule has 1 aliphatic heterocycles. The van der Waals surface area contributed by atoms with E-state index in [1.54, 1.807) is 16.8 Å². The van der Waals surface area contributed by atoms with Crippen molar-refractivity contribution in [3.63, 3.8) is 0 Å². The van der Waals surface area contributed by atoms with Gasteiger partial charge in [0.25, 0.3) is 5.91 Å². The Morgan fingerprint density at radius 2 is 2.33 bits per heavy atom. The fourth-order valence-corrected chi connectivity index (χ4v) is 2.60. The van der Waals surface area contributed by atoms with Crippen molar-refractivity contribution in [1.82, 2.24) is 14.9 Å². The second kappa shape index (κ2) is 5.17. The van der Waals surface area contributed by atoms with E-state index in [0.717, 1.165) is 0 Å². The maximum absolute atomic E-state index is 12.4. The van der Waals surface area contributed by atoms with Crippen molar-refractivity contribution in [3.8, 4) is 0 Å². The molecule has 1 atom stereocenters. The van der Waals surface area contributed by atoms with E-state index >= 15 is 0 Å². The molecule has 7 heteroatoms. The Hall–Kier alpha value is -2.41. The standard InChI is InChI=1S/C14H15N3O4/c18-12(19)7-14(4-6-21-9-14)16-13(20)10-8-15-17-5-2-1-3-11(10)17/h1-3,5,8H,4,6-7,9H2,(H,16,20)(H,18,19). The van der Waals surface area contributed by atoms with Crippen LogP contribution in [0.1, 0.15) is 23.2 Å². The van der Waals surface area contributed by atoms with Crippen LogP contribution in [0.15, 0.2) is 30.6 Å². The molecule has 7 nitrogen and oxygen atoms in total. The largest absolute Gasteiger partial charge is 0.481 e. The average molecular weight is 289 g/mol. The monoisotopic (exact) mass is 289 g/mol. The minimum atomic E-state index is -0.958. The Labute approximate surface area is 120 Å². The molecule has 2 aromatic heterocycles. The molecule has 0 bridgehead atoms. The van der Waals surface area contributed by atoms with E-state index in [0.29, 0.717) is 24.1 Å². The SMILES string of the molecule is O=C(O)CC1(NC(=O)c2cnn3ccccc23)CCOC1. The van der Waals surface area contributed by atoms with Crippen LogP contribution >= 0.6 is 0 Å². The van der Waals surface area contributed by atoms with E-state index in [2.05, 4.69) is 10.4 Å². The first-order chi connectivity index (χ1) is 10.1. The minimum Gasteiger partial charge on any atom is -0.481 e. The summed E-state index contributed by atoms with van der Waals surface area (Å²) >= 11 is 0. The number of carboxylic acids is 1. The van der Waals surface area contributed by atoms with Crippen molar-refractivity contribution in [2.45, 2.75) is 18.4 Å². The Balaban J connectivity index is 1.86. The van der Waals surface area contributed by atoms with E-state index in [4.69, 9.17) is 9.84 Å². The summed E-state index contributed by atoms with van der Waals surface area (Å²) in [5, 5.41) is 16.0. The molecule has 2 N–H and O–H groups in total. The Morgan fingerprint density at radius 3 is 3.05 bits per heavy atom. The molecule has 0 radical (unpaired) electrons. The molecule has 21 heavy (non-hydrogen) atoms. The second-order valence-corrected chi connectivity index (χ2v) is 5.20. The average Bonchev–Trinajstić information content (AvgIpc) is 3.04. The lowest BCUT2D eigenvalue weighted by Gasteiger charge is -2.26. The maximum Gasteiger partial charge on any atom is 0.305 e. The molecule has 0 aromatic carbocycles. The van der Waals surface area contributed by atoms with Crippen molar-refractivity contribution in [1.29, 1.82) is 0 Å². The molecular weight excluding hydrogens is 274 g/mol. The van der Waals surface area contributed by atoms with Gasteiger partial charge in [-0.15, -0.1) is 0 Å². The van der Waals surface area contributed by atoms with Crippen LogP contribution in [0.25, 0.3) is 5.52 Å². The third-order valence-corrected chi connectivity index (χ3v) is 3.64. The number of nitrogens with zero attached hydrogens (tertiary/aromatic N) is 2. The number of pyridine rings is 1. The van der Waals surface area contributed by atoms with Gasteiger partial charge in [-0.2, -0.15) is 5.10 Å². The molecule has 0 spiro atoms. The van der Waals surface area contributed by atoms with Gasteiger partial charge in [-0.05, 0) is 18.6 Å². The highest BCUT2D eigenvalue weighted by Gasteiger charge is 2.39. The van der Waals surface area contributed by atoms with Crippen molar-refractivity contribution >= 4 is 17.4 Å². The number of carboxylic acid groups (broad SMARTS) is 1. The lowest BCUT2D eigenvalue weighted by molar-refractivity contribution is -0.138. The highest BCUT2D eigenvalue weighted by atomic mass is 16.5. The molecule has 110 valence electrons. The predicted molar refractivity (Wildman–Crippen MR) is 73.1 cm³/mol. The number of rotatable bonds is 4. The van der Waals surface area contributed by atoms with Gasteiger partial charge in [0.1, 0.15) is 0 Å². The Morgan fingerprint density at radius 1 is 1.48 bits per heavy atom. The quantitative estimate of drug-likeness (QED) is 0.864. The summed E-state index contributed by atoms with van der Waals surface area (Å²) in [5.74, 6) is -1.29. The molecular formula is C14H15N3O4. The smallest absolute Gasteiger partial charge is 0.305 e. The van der Waals surface area contributed by atoms with Crippen LogP contribution in [-0.4, -0.2) is 45.3 Å². The number of nitrogens with one attached hydrogen (secondary N) is 1. The van der Waals surface area contributed by atoms with Gasteiger partial charge < -0.3 is 15.2 Å². The lowest BCUT2D eigenvalue weighted by Crippen LogP contribution is -2.50. The zero-order valence-electron chi connectivity index (χ0n) is 11.3. The van der Waals surface area contributed by atoms with E-state index in [1.807, 2.05) is 12.1 Å². The fraction of sp³-hybridized carbons (Fsp3) is 0.357. The summed E-state index contributed by atoms with van der Waals surface area (Å²) in [4.78, 5) is 23.5. The van der Waals surface area contributed by atoms with E-state index in [9.17, 15) is 9.59 Å².